The molecule has 1 amide bonds. The van der Waals surface area contributed by atoms with Crippen LogP contribution < -0.4 is 4.90 Å². The lowest BCUT2D eigenvalue weighted by atomic mass is 10.2. The van der Waals surface area contributed by atoms with Gasteiger partial charge in [-0.25, -0.2) is 4.39 Å². The van der Waals surface area contributed by atoms with Gasteiger partial charge < -0.3 is 19.8 Å². The van der Waals surface area contributed by atoms with E-state index in [0.29, 0.717) is 39.3 Å². The molecule has 3 rings (SSSR count). The maximum atomic E-state index is 13.1. The molecule has 0 aliphatic carbocycles. The summed E-state index contributed by atoms with van der Waals surface area (Å²) < 4.78 is 13.1. The lowest BCUT2D eigenvalue weighted by Crippen LogP contribution is -2.49. The van der Waals surface area contributed by atoms with Gasteiger partial charge in [0, 0.05) is 51.2 Å². The predicted molar refractivity (Wildman–Crippen MR) is 113 cm³/mol. The van der Waals surface area contributed by atoms with Crippen molar-refractivity contribution in [2.24, 2.45) is 0 Å². The number of carbonyl (C=O) groups excluding carboxylic acids is 1. The fourth-order valence-corrected chi connectivity index (χ4v) is 3.44. The third kappa shape index (κ3) is 5.58. The van der Waals surface area contributed by atoms with E-state index in [9.17, 15) is 19.6 Å². The van der Waals surface area contributed by atoms with Crippen LogP contribution >= 0.6 is 0 Å². The van der Waals surface area contributed by atoms with Crippen LogP contribution in [-0.2, 0) is 11.3 Å². The lowest BCUT2D eigenvalue weighted by Gasteiger charge is -2.36. The average Bonchev–Trinajstić information content (AvgIpc) is 2.78. The van der Waals surface area contributed by atoms with Crippen molar-refractivity contribution in [3.05, 3.63) is 77.8 Å². The molecule has 156 valence electrons. The number of aliphatic hydroxyl groups excluding tert-OH is 1. The molecule has 1 heterocycles. The van der Waals surface area contributed by atoms with Crippen molar-refractivity contribution < 1.29 is 14.3 Å². The highest BCUT2D eigenvalue weighted by Crippen LogP contribution is 2.18. The van der Waals surface area contributed by atoms with E-state index in [1.54, 1.807) is 21.9 Å². The van der Waals surface area contributed by atoms with Gasteiger partial charge in [-0.15, -0.1) is 0 Å². The Bertz CT molecular complexity index is 901. The zero-order chi connectivity index (χ0) is 21.3. The number of piperazine rings is 1. The molecular weight excluding hydrogens is 383 g/mol. The number of hydrogen-bond acceptors (Lipinski definition) is 5. The Labute approximate surface area is 176 Å². The van der Waals surface area contributed by atoms with Crippen LogP contribution in [0.3, 0.4) is 0 Å². The summed E-state index contributed by atoms with van der Waals surface area (Å²) in [6, 6.07) is 18.0. The minimum Gasteiger partial charge on any atom is -0.395 e. The van der Waals surface area contributed by atoms with Crippen LogP contribution in [0, 0.1) is 17.1 Å². The van der Waals surface area contributed by atoms with Gasteiger partial charge in [-0.2, -0.15) is 5.26 Å². The molecule has 6 nitrogen and oxygen atoms in total. The van der Waals surface area contributed by atoms with Crippen molar-refractivity contribution in [2.75, 3.05) is 44.2 Å². The van der Waals surface area contributed by atoms with Gasteiger partial charge in [-0.1, -0.05) is 30.3 Å². The van der Waals surface area contributed by atoms with Gasteiger partial charge in [0.25, 0.3) is 5.91 Å². The molecular formula is C23H25FN4O2. The largest absolute Gasteiger partial charge is 0.395 e. The summed E-state index contributed by atoms with van der Waals surface area (Å²) in [7, 11) is 0. The van der Waals surface area contributed by atoms with Crippen molar-refractivity contribution >= 4 is 11.6 Å². The summed E-state index contributed by atoms with van der Waals surface area (Å²) in [5.74, 6) is -0.591. The molecule has 1 N–H and O–H groups in total. The molecule has 0 aromatic heterocycles. The van der Waals surface area contributed by atoms with Crippen molar-refractivity contribution in [3.63, 3.8) is 0 Å². The number of rotatable bonds is 7. The highest BCUT2D eigenvalue weighted by Gasteiger charge is 2.24. The van der Waals surface area contributed by atoms with E-state index in [1.807, 2.05) is 36.4 Å². The zero-order valence-corrected chi connectivity index (χ0v) is 16.7. The first-order valence-electron chi connectivity index (χ1n) is 9.91. The van der Waals surface area contributed by atoms with E-state index < -0.39 is 0 Å². The lowest BCUT2D eigenvalue weighted by molar-refractivity contribution is -0.127. The second-order valence-electron chi connectivity index (χ2n) is 7.09. The second-order valence-corrected chi connectivity index (χ2v) is 7.09. The minimum atomic E-state index is -0.313. The van der Waals surface area contributed by atoms with Crippen molar-refractivity contribution in [1.82, 2.24) is 9.80 Å². The molecule has 1 aliphatic heterocycles. The molecule has 2 aromatic rings. The smallest absolute Gasteiger partial charge is 0.266 e. The van der Waals surface area contributed by atoms with Crippen LogP contribution in [0.2, 0.25) is 0 Å². The molecule has 1 aliphatic rings. The van der Waals surface area contributed by atoms with Crippen LogP contribution in [0.4, 0.5) is 10.1 Å². The number of amides is 1. The molecule has 7 heteroatoms. The van der Waals surface area contributed by atoms with Gasteiger partial charge >= 0.3 is 0 Å². The predicted octanol–water partition coefficient (Wildman–Crippen LogP) is 2.38. The third-order valence-corrected chi connectivity index (χ3v) is 5.04. The van der Waals surface area contributed by atoms with Crippen LogP contribution in [0.15, 0.2) is 66.4 Å². The van der Waals surface area contributed by atoms with E-state index in [2.05, 4.69) is 4.90 Å². The molecule has 0 spiro atoms. The zero-order valence-electron chi connectivity index (χ0n) is 16.7. The van der Waals surface area contributed by atoms with E-state index in [0.717, 1.165) is 11.3 Å². The van der Waals surface area contributed by atoms with Gasteiger partial charge in [0.05, 0.1) is 6.61 Å². The number of nitriles is 1. The standard InChI is InChI=1S/C23H25FN4O2/c24-21-6-8-22(9-7-21)27-10-12-28(13-11-27)23(30)20(16-25)18-26(14-15-29)17-19-4-2-1-3-5-19/h1-9,18,29H,10-15,17H2/b20-18-. The fraction of sp³-hybridized carbons (Fsp3) is 0.304. The summed E-state index contributed by atoms with van der Waals surface area (Å²) in [4.78, 5) is 18.4. The van der Waals surface area contributed by atoms with Crippen molar-refractivity contribution in [3.8, 4) is 6.07 Å². The number of aliphatic hydroxyl groups is 1. The SMILES string of the molecule is N#C/C(=C/N(CCO)Cc1ccccc1)C(=O)N1CCN(c2ccc(F)cc2)CC1. The molecule has 0 atom stereocenters. The molecule has 0 radical (unpaired) electrons. The summed E-state index contributed by atoms with van der Waals surface area (Å²) in [6.45, 7) is 2.93. The topological polar surface area (TPSA) is 70.8 Å². The number of hydrogen-bond donors (Lipinski definition) is 1. The molecule has 0 saturated carbocycles. The molecule has 1 saturated heterocycles. The number of nitrogens with zero attached hydrogens (tertiary/aromatic N) is 4. The average molecular weight is 408 g/mol. The first-order chi connectivity index (χ1) is 14.6. The first-order valence-corrected chi connectivity index (χ1v) is 9.91. The Kier molecular flexibility index (Phi) is 7.41. The maximum Gasteiger partial charge on any atom is 0.266 e. The highest BCUT2D eigenvalue weighted by molar-refractivity contribution is 5.97. The Morgan fingerprint density at radius 2 is 1.77 bits per heavy atom. The Hall–Kier alpha value is -3.37. The number of anilines is 1. The Morgan fingerprint density at radius 3 is 2.37 bits per heavy atom. The highest BCUT2D eigenvalue weighted by atomic mass is 19.1. The fourth-order valence-electron chi connectivity index (χ4n) is 3.44. The van der Waals surface area contributed by atoms with E-state index in [1.165, 1.54) is 18.3 Å². The van der Waals surface area contributed by atoms with E-state index >= 15 is 0 Å². The van der Waals surface area contributed by atoms with Gasteiger partial charge in [0.15, 0.2) is 0 Å². The van der Waals surface area contributed by atoms with Gasteiger partial charge in [0.2, 0.25) is 0 Å². The summed E-state index contributed by atoms with van der Waals surface area (Å²) in [5, 5.41) is 18.9. The minimum absolute atomic E-state index is 0.0506. The number of carbonyl (C=O) groups is 1. The molecule has 30 heavy (non-hydrogen) atoms. The first kappa shape index (κ1) is 21.3. The van der Waals surface area contributed by atoms with Crippen LogP contribution in [0.1, 0.15) is 5.56 Å². The Balaban J connectivity index is 1.64. The molecule has 2 aromatic carbocycles. The third-order valence-electron chi connectivity index (χ3n) is 5.04. The van der Waals surface area contributed by atoms with Crippen LogP contribution in [0.5, 0.6) is 0 Å². The molecule has 0 bridgehead atoms. The number of halogens is 1. The maximum absolute atomic E-state index is 13.1. The molecule has 0 unspecified atom stereocenters. The second kappa shape index (κ2) is 10.4. The molecule has 1 fully saturated rings. The monoisotopic (exact) mass is 408 g/mol. The van der Waals surface area contributed by atoms with Crippen molar-refractivity contribution in [2.45, 2.75) is 6.54 Å². The van der Waals surface area contributed by atoms with Crippen LogP contribution in [-0.4, -0.2) is 60.1 Å². The van der Waals surface area contributed by atoms with Crippen molar-refractivity contribution in [1.29, 1.82) is 5.26 Å². The summed E-state index contributed by atoms with van der Waals surface area (Å²) in [5.41, 5.74) is 1.99. The van der Waals surface area contributed by atoms with Crippen LogP contribution in [0.25, 0.3) is 0 Å². The van der Waals surface area contributed by atoms with E-state index in [-0.39, 0.29) is 23.9 Å². The van der Waals surface area contributed by atoms with E-state index in [4.69, 9.17) is 0 Å². The van der Waals surface area contributed by atoms with Gasteiger partial charge in [0.1, 0.15) is 17.5 Å². The quantitative estimate of drug-likeness (QED) is 0.563. The number of benzene rings is 2. The normalized spacial score (nSPS) is 14.4. The van der Waals surface area contributed by atoms with Gasteiger partial charge in [-0.05, 0) is 29.8 Å². The summed E-state index contributed by atoms with van der Waals surface area (Å²) >= 11 is 0. The van der Waals surface area contributed by atoms with Gasteiger partial charge in [-0.3, -0.25) is 4.79 Å². The Morgan fingerprint density at radius 1 is 1.10 bits per heavy atom. The summed E-state index contributed by atoms with van der Waals surface area (Å²) in [6.07, 6.45) is 1.54.